The van der Waals surface area contributed by atoms with E-state index in [-0.39, 0.29) is 16.9 Å². The van der Waals surface area contributed by atoms with E-state index >= 15 is 0 Å². The normalized spacial score (nSPS) is 10.4. The van der Waals surface area contributed by atoms with Gasteiger partial charge in [-0.15, -0.1) is 0 Å². The largest absolute Gasteiger partial charge is 0.477 e. The SMILES string of the molecule is O=C(O)c1cnoc1-c1cc(F)ccc1F. The van der Waals surface area contributed by atoms with Crippen LogP contribution in [-0.2, 0) is 0 Å². The maximum absolute atomic E-state index is 13.3. The number of aromatic nitrogens is 1. The second-order valence-corrected chi connectivity index (χ2v) is 3.00. The van der Waals surface area contributed by atoms with Crippen molar-refractivity contribution in [2.75, 3.05) is 0 Å². The topological polar surface area (TPSA) is 63.3 Å². The standard InChI is InChI=1S/C10H5F2NO3/c11-5-1-2-8(12)6(3-5)9-7(10(14)15)4-13-16-9/h1-4H,(H,14,15). The Morgan fingerprint density at radius 1 is 1.38 bits per heavy atom. The molecule has 0 aliphatic rings. The molecule has 0 aliphatic heterocycles. The van der Waals surface area contributed by atoms with Gasteiger partial charge in [-0.05, 0) is 18.2 Å². The van der Waals surface area contributed by atoms with E-state index in [1.807, 2.05) is 0 Å². The van der Waals surface area contributed by atoms with Gasteiger partial charge in [0.05, 0.1) is 11.8 Å². The lowest BCUT2D eigenvalue weighted by atomic mass is 10.1. The highest BCUT2D eigenvalue weighted by Crippen LogP contribution is 2.26. The van der Waals surface area contributed by atoms with Crippen LogP contribution in [0.4, 0.5) is 8.78 Å². The molecule has 0 radical (unpaired) electrons. The molecule has 0 fully saturated rings. The summed E-state index contributed by atoms with van der Waals surface area (Å²) in [6.07, 6.45) is 0.933. The van der Waals surface area contributed by atoms with Gasteiger partial charge in [0.1, 0.15) is 17.2 Å². The molecule has 0 saturated carbocycles. The zero-order chi connectivity index (χ0) is 11.7. The third-order valence-electron chi connectivity index (χ3n) is 1.97. The van der Waals surface area contributed by atoms with Crippen molar-refractivity contribution < 1.29 is 23.2 Å². The highest BCUT2D eigenvalue weighted by molar-refractivity contribution is 5.93. The monoisotopic (exact) mass is 225 g/mol. The highest BCUT2D eigenvalue weighted by Gasteiger charge is 2.20. The summed E-state index contributed by atoms with van der Waals surface area (Å²) >= 11 is 0. The fourth-order valence-corrected chi connectivity index (χ4v) is 1.26. The third kappa shape index (κ3) is 1.65. The third-order valence-corrected chi connectivity index (χ3v) is 1.97. The molecule has 0 amide bonds. The first-order valence-electron chi connectivity index (χ1n) is 4.23. The number of hydrogen-bond acceptors (Lipinski definition) is 3. The van der Waals surface area contributed by atoms with Gasteiger partial charge in [-0.2, -0.15) is 0 Å². The number of carboxylic acid groups (broad SMARTS) is 1. The highest BCUT2D eigenvalue weighted by atomic mass is 19.1. The van der Waals surface area contributed by atoms with Gasteiger partial charge in [-0.1, -0.05) is 5.16 Å². The average Bonchev–Trinajstić information content (AvgIpc) is 2.70. The van der Waals surface area contributed by atoms with Gasteiger partial charge in [0.15, 0.2) is 5.76 Å². The fraction of sp³-hybridized carbons (Fsp3) is 0. The fourth-order valence-electron chi connectivity index (χ4n) is 1.26. The summed E-state index contributed by atoms with van der Waals surface area (Å²) < 4.78 is 30.8. The molecule has 6 heteroatoms. The molecule has 16 heavy (non-hydrogen) atoms. The summed E-state index contributed by atoms with van der Waals surface area (Å²) in [4.78, 5) is 10.7. The van der Waals surface area contributed by atoms with Crippen molar-refractivity contribution in [2.24, 2.45) is 0 Å². The lowest BCUT2D eigenvalue weighted by Crippen LogP contribution is -1.97. The molecular weight excluding hydrogens is 220 g/mol. The van der Waals surface area contributed by atoms with Crippen LogP contribution >= 0.6 is 0 Å². The van der Waals surface area contributed by atoms with E-state index in [9.17, 15) is 13.6 Å². The van der Waals surface area contributed by atoms with Crippen LogP contribution in [0.3, 0.4) is 0 Å². The number of carboxylic acids is 1. The Labute approximate surface area is 88.1 Å². The van der Waals surface area contributed by atoms with Crippen molar-refractivity contribution >= 4 is 5.97 Å². The van der Waals surface area contributed by atoms with E-state index in [4.69, 9.17) is 5.11 Å². The molecule has 0 spiro atoms. The number of rotatable bonds is 2. The summed E-state index contributed by atoms with van der Waals surface area (Å²) in [5.74, 6) is -3.09. The van der Waals surface area contributed by atoms with Crippen molar-refractivity contribution in [3.63, 3.8) is 0 Å². The predicted octanol–water partition coefficient (Wildman–Crippen LogP) is 2.32. The number of nitrogens with zero attached hydrogens (tertiary/aromatic N) is 1. The van der Waals surface area contributed by atoms with E-state index in [1.165, 1.54) is 0 Å². The van der Waals surface area contributed by atoms with Gasteiger partial charge in [-0.25, -0.2) is 13.6 Å². The second-order valence-electron chi connectivity index (χ2n) is 3.00. The minimum atomic E-state index is -1.32. The Bertz CT molecular complexity index is 551. The molecule has 0 unspecified atom stereocenters. The molecule has 0 bridgehead atoms. The van der Waals surface area contributed by atoms with Crippen molar-refractivity contribution in [1.29, 1.82) is 0 Å². The first kappa shape index (κ1) is 10.3. The molecule has 1 aromatic carbocycles. The van der Waals surface area contributed by atoms with E-state index in [1.54, 1.807) is 0 Å². The van der Waals surface area contributed by atoms with Crippen LogP contribution in [0.25, 0.3) is 11.3 Å². The van der Waals surface area contributed by atoms with Crippen LogP contribution < -0.4 is 0 Å². The Kier molecular flexibility index (Phi) is 2.40. The predicted molar refractivity (Wildman–Crippen MR) is 48.8 cm³/mol. The molecule has 82 valence electrons. The molecule has 0 saturated heterocycles. The number of aromatic carboxylic acids is 1. The van der Waals surface area contributed by atoms with Crippen molar-refractivity contribution in [2.45, 2.75) is 0 Å². The van der Waals surface area contributed by atoms with Crippen LogP contribution in [0, 0.1) is 11.6 Å². The summed E-state index contributed by atoms with van der Waals surface area (Å²) in [5, 5.41) is 12.0. The first-order valence-corrected chi connectivity index (χ1v) is 4.23. The summed E-state index contributed by atoms with van der Waals surface area (Å²) in [7, 11) is 0. The van der Waals surface area contributed by atoms with Crippen molar-refractivity contribution in [1.82, 2.24) is 5.16 Å². The molecule has 4 nitrogen and oxygen atoms in total. The molecular formula is C10H5F2NO3. The van der Waals surface area contributed by atoms with E-state index in [0.29, 0.717) is 0 Å². The first-order chi connectivity index (χ1) is 7.59. The van der Waals surface area contributed by atoms with Crippen LogP contribution in [0.1, 0.15) is 10.4 Å². The zero-order valence-electron chi connectivity index (χ0n) is 7.78. The summed E-state index contributed by atoms with van der Waals surface area (Å²) in [6, 6.07) is 2.66. The molecule has 1 heterocycles. The maximum atomic E-state index is 13.3. The minimum Gasteiger partial charge on any atom is -0.477 e. The lowest BCUT2D eigenvalue weighted by Gasteiger charge is -1.99. The van der Waals surface area contributed by atoms with Crippen LogP contribution in [0.5, 0.6) is 0 Å². The van der Waals surface area contributed by atoms with Gasteiger partial charge in [0.2, 0.25) is 0 Å². The average molecular weight is 225 g/mol. The van der Waals surface area contributed by atoms with Gasteiger partial charge in [0.25, 0.3) is 0 Å². The summed E-state index contributed by atoms with van der Waals surface area (Å²) in [6.45, 7) is 0. The number of hydrogen-bond donors (Lipinski definition) is 1. The van der Waals surface area contributed by atoms with Gasteiger partial charge in [-0.3, -0.25) is 0 Å². The smallest absolute Gasteiger partial charge is 0.341 e. The van der Waals surface area contributed by atoms with E-state index in [2.05, 4.69) is 9.68 Å². The van der Waals surface area contributed by atoms with Gasteiger partial charge in [0, 0.05) is 0 Å². The van der Waals surface area contributed by atoms with Crippen molar-refractivity contribution in [3.05, 3.63) is 41.6 Å². The van der Waals surface area contributed by atoms with Crippen LogP contribution in [-0.4, -0.2) is 16.2 Å². The molecule has 0 atom stereocenters. The Morgan fingerprint density at radius 3 is 2.81 bits per heavy atom. The van der Waals surface area contributed by atoms with Crippen LogP contribution in [0.2, 0.25) is 0 Å². The number of carbonyl (C=O) groups is 1. The number of benzene rings is 1. The van der Waals surface area contributed by atoms with E-state index in [0.717, 1.165) is 24.4 Å². The Balaban J connectivity index is 2.62. The minimum absolute atomic E-state index is 0.269. The molecule has 1 N–H and O–H groups in total. The maximum Gasteiger partial charge on any atom is 0.341 e. The van der Waals surface area contributed by atoms with Crippen molar-refractivity contribution in [3.8, 4) is 11.3 Å². The van der Waals surface area contributed by atoms with Gasteiger partial charge >= 0.3 is 5.97 Å². The zero-order valence-corrected chi connectivity index (χ0v) is 7.78. The quantitative estimate of drug-likeness (QED) is 0.851. The molecule has 0 aliphatic carbocycles. The van der Waals surface area contributed by atoms with E-state index < -0.39 is 17.6 Å². The lowest BCUT2D eigenvalue weighted by molar-refractivity contribution is 0.0697. The molecule has 2 aromatic rings. The van der Waals surface area contributed by atoms with Crippen LogP contribution in [0.15, 0.2) is 28.9 Å². The number of halogens is 2. The summed E-state index contributed by atoms with van der Waals surface area (Å²) in [5.41, 5.74) is -0.584. The molecule has 2 rings (SSSR count). The molecule has 1 aromatic heterocycles. The van der Waals surface area contributed by atoms with Gasteiger partial charge < -0.3 is 9.63 Å². The second kappa shape index (κ2) is 3.73. The Morgan fingerprint density at radius 2 is 2.12 bits per heavy atom. The Hall–Kier alpha value is -2.24.